The van der Waals surface area contributed by atoms with Gasteiger partial charge in [-0.15, -0.1) is 0 Å². The van der Waals surface area contributed by atoms with Crippen molar-refractivity contribution in [1.29, 1.82) is 0 Å². The molecule has 2 amide bonds. The molecule has 4 aliphatic rings. The minimum absolute atomic E-state index is 0.113. The molecule has 14 heteroatoms. The lowest BCUT2D eigenvalue weighted by atomic mass is 9.90. The second-order valence-electron chi connectivity index (χ2n) is 10.9. The van der Waals surface area contributed by atoms with E-state index in [1.165, 1.54) is 17.2 Å². The van der Waals surface area contributed by atoms with Gasteiger partial charge in [0.15, 0.2) is 18.2 Å². The lowest BCUT2D eigenvalue weighted by Crippen LogP contribution is -2.48. The first-order chi connectivity index (χ1) is 19.7. The largest absolute Gasteiger partial charge is 0.492 e. The van der Waals surface area contributed by atoms with E-state index in [9.17, 15) is 14.0 Å². The summed E-state index contributed by atoms with van der Waals surface area (Å²) in [6.45, 7) is 4.61. The van der Waals surface area contributed by atoms with Crippen molar-refractivity contribution in [2.24, 2.45) is 11.7 Å². The Morgan fingerprint density at radius 1 is 1.32 bits per heavy atom. The van der Waals surface area contributed by atoms with E-state index in [1.54, 1.807) is 0 Å². The number of hydrogen-bond donors (Lipinski definition) is 3. The number of aromatic nitrogens is 2. The van der Waals surface area contributed by atoms with Crippen molar-refractivity contribution >= 4 is 30.1 Å². The first-order valence-electron chi connectivity index (χ1n) is 13.5. The second-order valence-corrected chi connectivity index (χ2v) is 10.9. The van der Waals surface area contributed by atoms with Gasteiger partial charge in [-0.2, -0.15) is 0 Å². The van der Waals surface area contributed by atoms with Crippen LogP contribution < -0.4 is 25.4 Å². The fourth-order valence-electron chi connectivity index (χ4n) is 5.74. The number of carbonyl (C=O) groups excluding carboxylic acids is 2. The number of nitrogens with two attached hydrogens (primary N) is 1. The van der Waals surface area contributed by atoms with Gasteiger partial charge in [-0.05, 0) is 42.9 Å². The standard InChI is InChI=1S/C26H31FN6O5.CH2O2/c1-15(28)12-36-18-8-17-6-16(7-19(17)20(27)9-18)11-32-4-2-26(3-5-32)14-33(25(35)38-26)21-10-29-24-23(30-21)31-22(34)13-37-24;2-1-3/h8-10,15-16H,2-7,11-14,28H2,1H3,(H,30,31,34);1H,(H,2,3)/t15-,16?;/m0./s1. The molecule has 41 heavy (non-hydrogen) atoms. The number of nitrogens with zero attached hydrogens (tertiary/aromatic N) is 4. The average molecular weight is 573 g/mol. The summed E-state index contributed by atoms with van der Waals surface area (Å²) in [5.41, 5.74) is 6.95. The number of amides is 2. The predicted molar refractivity (Wildman–Crippen MR) is 144 cm³/mol. The maximum Gasteiger partial charge on any atom is 0.416 e. The summed E-state index contributed by atoms with van der Waals surface area (Å²) in [6, 6.07) is 3.29. The monoisotopic (exact) mass is 572 g/mol. The van der Waals surface area contributed by atoms with Crippen LogP contribution in [0.1, 0.15) is 30.9 Å². The van der Waals surface area contributed by atoms with Crippen LogP contribution >= 0.6 is 0 Å². The maximum atomic E-state index is 14.7. The molecule has 2 aromatic rings. The van der Waals surface area contributed by atoms with E-state index in [1.807, 2.05) is 13.0 Å². The fourth-order valence-corrected chi connectivity index (χ4v) is 5.74. The van der Waals surface area contributed by atoms with Gasteiger partial charge in [0, 0.05) is 44.6 Å². The van der Waals surface area contributed by atoms with Crippen molar-refractivity contribution in [3.63, 3.8) is 0 Å². The number of piperidine rings is 1. The minimum Gasteiger partial charge on any atom is -0.492 e. The van der Waals surface area contributed by atoms with Crippen LogP contribution in [0, 0.1) is 11.7 Å². The molecule has 1 unspecified atom stereocenters. The molecule has 1 spiro atoms. The Kier molecular flexibility index (Phi) is 8.22. The molecule has 0 radical (unpaired) electrons. The van der Waals surface area contributed by atoms with Gasteiger partial charge in [0.05, 0.1) is 12.7 Å². The van der Waals surface area contributed by atoms with Crippen molar-refractivity contribution in [2.75, 3.05) is 49.6 Å². The van der Waals surface area contributed by atoms with Gasteiger partial charge < -0.3 is 35.3 Å². The molecular weight excluding hydrogens is 539 g/mol. The van der Waals surface area contributed by atoms with E-state index in [-0.39, 0.29) is 42.5 Å². The van der Waals surface area contributed by atoms with Crippen LogP contribution in [0.15, 0.2) is 18.3 Å². The fraction of sp³-hybridized carbons (Fsp3) is 0.519. The van der Waals surface area contributed by atoms with E-state index in [2.05, 4.69) is 20.2 Å². The van der Waals surface area contributed by atoms with E-state index in [0.29, 0.717) is 49.9 Å². The quantitative estimate of drug-likeness (QED) is 0.430. The van der Waals surface area contributed by atoms with Crippen LogP contribution in [0.25, 0.3) is 0 Å². The number of rotatable bonds is 6. The molecule has 2 atom stereocenters. The zero-order valence-corrected chi connectivity index (χ0v) is 22.7. The summed E-state index contributed by atoms with van der Waals surface area (Å²) in [5.74, 6) is 1.06. The van der Waals surface area contributed by atoms with Crippen LogP contribution in [0.3, 0.4) is 0 Å². The normalized spacial score (nSPS) is 21.5. The molecule has 13 nitrogen and oxygen atoms in total. The lowest BCUT2D eigenvalue weighted by molar-refractivity contribution is -0.123. The topological polar surface area (TPSA) is 169 Å². The smallest absolute Gasteiger partial charge is 0.416 e. The van der Waals surface area contributed by atoms with Gasteiger partial charge in [-0.25, -0.2) is 19.2 Å². The van der Waals surface area contributed by atoms with Gasteiger partial charge in [-0.1, -0.05) is 0 Å². The van der Waals surface area contributed by atoms with Crippen LogP contribution in [0.5, 0.6) is 11.6 Å². The van der Waals surface area contributed by atoms with Crippen molar-refractivity contribution in [2.45, 2.75) is 44.2 Å². The van der Waals surface area contributed by atoms with Crippen LogP contribution in [0.2, 0.25) is 0 Å². The van der Waals surface area contributed by atoms with Crippen molar-refractivity contribution in [1.82, 2.24) is 14.9 Å². The van der Waals surface area contributed by atoms with Crippen molar-refractivity contribution in [3.8, 4) is 11.6 Å². The number of hydrogen-bond acceptors (Lipinski definition) is 10. The van der Waals surface area contributed by atoms with E-state index < -0.39 is 11.7 Å². The molecule has 2 fully saturated rings. The maximum absolute atomic E-state index is 14.7. The molecule has 3 aliphatic heterocycles. The summed E-state index contributed by atoms with van der Waals surface area (Å²) < 4.78 is 31.5. The Labute approximate surface area is 235 Å². The molecule has 1 aromatic carbocycles. The van der Waals surface area contributed by atoms with E-state index in [0.717, 1.165) is 37.2 Å². The Morgan fingerprint density at radius 2 is 2.07 bits per heavy atom. The summed E-state index contributed by atoms with van der Waals surface area (Å²) in [7, 11) is 0. The average Bonchev–Trinajstić information content (AvgIpc) is 3.49. The molecule has 220 valence electrons. The third-order valence-electron chi connectivity index (χ3n) is 7.63. The lowest BCUT2D eigenvalue weighted by Gasteiger charge is -2.38. The molecule has 1 aliphatic carbocycles. The highest BCUT2D eigenvalue weighted by Crippen LogP contribution is 2.38. The summed E-state index contributed by atoms with van der Waals surface area (Å²) in [4.78, 5) is 45.1. The van der Waals surface area contributed by atoms with Crippen LogP contribution in [0.4, 0.5) is 20.8 Å². The Hall–Kier alpha value is -4.04. The molecule has 1 aromatic heterocycles. The van der Waals surface area contributed by atoms with Crippen molar-refractivity contribution in [3.05, 3.63) is 35.3 Å². The second kappa shape index (κ2) is 11.8. The molecule has 4 N–H and O–H groups in total. The molecule has 6 rings (SSSR count). The summed E-state index contributed by atoms with van der Waals surface area (Å²) >= 11 is 0. The third kappa shape index (κ3) is 6.33. The predicted octanol–water partition coefficient (Wildman–Crippen LogP) is 1.58. The van der Waals surface area contributed by atoms with Gasteiger partial charge >= 0.3 is 6.09 Å². The SMILES string of the molecule is C[C@H](N)COc1cc(F)c2c(c1)CC(CN1CCC3(CC1)CN(c1cnc4c(n1)NC(=O)CO4)C(=O)O3)C2.O=CO. The number of ether oxygens (including phenoxy) is 3. The van der Waals surface area contributed by atoms with Crippen LogP contribution in [-0.2, 0) is 27.2 Å². The molecule has 4 heterocycles. The highest BCUT2D eigenvalue weighted by Gasteiger charge is 2.48. The number of nitrogens with one attached hydrogen (secondary N) is 1. The van der Waals surface area contributed by atoms with Gasteiger partial charge in [-0.3, -0.25) is 14.5 Å². The number of fused-ring (bicyclic) bond motifs is 2. The minimum atomic E-state index is -0.595. The van der Waals surface area contributed by atoms with E-state index >= 15 is 0 Å². The molecule has 0 bridgehead atoms. The number of carbonyl (C=O) groups is 3. The summed E-state index contributed by atoms with van der Waals surface area (Å²) in [5, 5.41) is 9.50. The first-order valence-corrected chi connectivity index (χ1v) is 13.5. The molecular formula is C27H33FN6O7. The van der Waals surface area contributed by atoms with Gasteiger partial charge in [0.2, 0.25) is 0 Å². The summed E-state index contributed by atoms with van der Waals surface area (Å²) in [6.07, 6.45) is 3.88. The number of halogens is 1. The molecule has 0 saturated carbocycles. The third-order valence-corrected chi connectivity index (χ3v) is 7.63. The molecule has 2 saturated heterocycles. The number of anilines is 2. The van der Waals surface area contributed by atoms with E-state index in [4.69, 9.17) is 29.8 Å². The van der Waals surface area contributed by atoms with Crippen molar-refractivity contribution < 1.29 is 38.1 Å². The van der Waals surface area contributed by atoms with Gasteiger partial charge in [0.25, 0.3) is 18.3 Å². The number of likely N-dealkylation sites (tertiary alicyclic amines) is 1. The first kappa shape index (κ1) is 28.5. The Bertz CT molecular complexity index is 1320. The zero-order valence-electron chi connectivity index (χ0n) is 22.7. The highest BCUT2D eigenvalue weighted by atomic mass is 19.1. The number of carboxylic acid groups (broad SMARTS) is 1. The highest BCUT2D eigenvalue weighted by molar-refractivity contribution is 5.94. The van der Waals surface area contributed by atoms with Gasteiger partial charge in [0.1, 0.15) is 23.8 Å². The Balaban J connectivity index is 0.00000108. The number of benzene rings is 1. The van der Waals surface area contributed by atoms with Crippen LogP contribution in [-0.4, -0.2) is 89.5 Å². The Morgan fingerprint density at radius 3 is 2.80 bits per heavy atom. The zero-order chi connectivity index (χ0) is 29.1.